The van der Waals surface area contributed by atoms with Crippen molar-refractivity contribution in [1.82, 2.24) is 10.6 Å². The van der Waals surface area contributed by atoms with Gasteiger partial charge < -0.3 is 15.7 Å². The van der Waals surface area contributed by atoms with Crippen molar-refractivity contribution in [1.29, 1.82) is 0 Å². The lowest BCUT2D eigenvalue weighted by Crippen LogP contribution is -2.45. The fraction of sp³-hybridized carbons (Fsp3) is 0.562. The van der Waals surface area contributed by atoms with Gasteiger partial charge in [0.25, 0.3) is 0 Å². The van der Waals surface area contributed by atoms with Crippen LogP contribution in [0.4, 0.5) is 18.0 Å². The minimum absolute atomic E-state index is 0.179. The summed E-state index contributed by atoms with van der Waals surface area (Å²) in [4.78, 5) is 11.8. The van der Waals surface area contributed by atoms with E-state index >= 15 is 0 Å². The first-order valence-corrected chi connectivity index (χ1v) is 7.63. The zero-order valence-corrected chi connectivity index (χ0v) is 12.9. The predicted octanol–water partition coefficient (Wildman–Crippen LogP) is 3.37. The molecule has 1 aromatic rings. The molecule has 1 fully saturated rings. The summed E-state index contributed by atoms with van der Waals surface area (Å²) in [6.45, 7) is 1.87. The monoisotopic (exact) mass is 330 g/mol. The highest BCUT2D eigenvalue weighted by Crippen LogP contribution is 2.30. The number of benzene rings is 1. The first-order chi connectivity index (χ1) is 10.7. The number of carbonyl (C=O) groups is 1. The minimum atomic E-state index is -4.37. The zero-order valence-electron chi connectivity index (χ0n) is 12.9. The van der Waals surface area contributed by atoms with Crippen LogP contribution < -0.4 is 10.6 Å². The Morgan fingerprint density at radius 3 is 2.35 bits per heavy atom. The van der Waals surface area contributed by atoms with Gasteiger partial charge in [0, 0.05) is 6.54 Å². The molecule has 1 aliphatic carbocycles. The molecule has 1 atom stereocenters. The molecule has 3 N–H and O–H groups in total. The molecule has 2 amide bonds. The van der Waals surface area contributed by atoms with E-state index in [9.17, 15) is 23.1 Å². The van der Waals surface area contributed by atoms with Gasteiger partial charge in [0.05, 0.1) is 17.2 Å². The highest BCUT2D eigenvalue weighted by atomic mass is 19.4. The second-order valence-electron chi connectivity index (χ2n) is 6.10. The Morgan fingerprint density at radius 2 is 1.83 bits per heavy atom. The molecule has 1 unspecified atom stereocenters. The second-order valence-corrected chi connectivity index (χ2v) is 6.10. The number of rotatable bonds is 4. The maximum absolute atomic E-state index is 12.5. The summed E-state index contributed by atoms with van der Waals surface area (Å²) in [6.07, 6.45) is -1.14. The summed E-state index contributed by atoms with van der Waals surface area (Å²) in [6, 6.07) is 3.80. The third kappa shape index (κ3) is 4.86. The molecule has 128 valence electrons. The predicted molar refractivity (Wildman–Crippen MR) is 79.8 cm³/mol. The van der Waals surface area contributed by atoms with Crippen LogP contribution in [0.15, 0.2) is 24.3 Å². The molecule has 1 saturated carbocycles. The second kappa shape index (κ2) is 6.78. The molecule has 0 bridgehead atoms. The molecule has 1 aromatic carbocycles. The number of alkyl halides is 3. The Kier molecular flexibility index (Phi) is 5.19. The minimum Gasteiger partial charge on any atom is -0.388 e. The summed E-state index contributed by atoms with van der Waals surface area (Å²) in [5.74, 6) is 0. The molecule has 1 aliphatic rings. The van der Waals surface area contributed by atoms with Gasteiger partial charge in [-0.05, 0) is 37.5 Å². The van der Waals surface area contributed by atoms with Crippen LogP contribution in [0.1, 0.15) is 49.8 Å². The van der Waals surface area contributed by atoms with Crippen LogP contribution in [0.5, 0.6) is 0 Å². The Labute approximate surface area is 133 Å². The van der Waals surface area contributed by atoms with Crippen LogP contribution in [0.3, 0.4) is 0 Å². The number of amides is 2. The molecule has 7 heteroatoms. The molecule has 0 heterocycles. The van der Waals surface area contributed by atoms with Crippen LogP contribution in [-0.4, -0.2) is 23.3 Å². The van der Waals surface area contributed by atoms with Gasteiger partial charge in [-0.3, -0.25) is 0 Å². The molecule has 0 radical (unpaired) electrons. The first-order valence-electron chi connectivity index (χ1n) is 7.63. The number of urea groups is 1. The van der Waals surface area contributed by atoms with Crippen LogP contribution in [-0.2, 0) is 6.18 Å². The van der Waals surface area contributed by atoms with Crippen molar-refractivity contribution in [3.63, 3.8) is 0 Å². The highest BCUT2D eigenvalue weighted by molar-refractivity contribution is 5.74. The van der Waals surface area contributed by atoms with Crippen LogP contribution in [0.2, 0.25) is 0 Å². The smallest absolute Gasteiger partial charge is 0.388 e. The summed E-state index contributed by atoms with van der Waals surface area (Å²) < 4.78 is 37.5. The summed E-state index contributed by atoms with van der Waals surface area (Å²) in [7, 11) is 0. The van der Waals surface area contributed by atoms with Crippen LogP contribution in [0.25, 0.3) is 0 Å². The van der Waals surface area contributed by atoms with Crippen molar-refractivity contribution in [2.45, 2.75) is 50.4 Å². The number of carbonyl (C=O) groups excluding carboxylic acids is 1. The van der Waals surface area contributed by atoms with E-state index in [1.54, 1.807) is 6.92 Å². The number of hydrogen-bond acceptors (Lipinski definition) is 2. The van der Waals surface area contributed by atoms with Crippen molar-refractivity contribution >= 4 is 6.03 Å². The standard InChI is InChI=1S/C16H21F3N2O2/c1-11(12-4-6-13(7-5-12)16(17,18)19)21-14(22)20-10-15(23)8-2-3-9-15/h4-7,11,23H,2-3,8-10H2,1H3,(H2,20,21,22). The van der Waals surface area contributed by atoms with E-state index in [4.69, 9.17) is 0 Å². The maximum atomic E-state index is 12.5. The Hall–Kier alpha value is -1.76. The van der Waals surface area contributed by atoms with Gasteiger partial charge >= 0.3 is 12.2 Å². The first kappa shape index (κ1) is 17.6. The molecule has 0 aromatic heterocycles. The molecule has 0 spiro atoms. The largest absolute Gasteiger partial charge is 0.416 e. The lowest BCUT2D eigenvalue weighted by Gasteiger charge is -2.23. The van der Waals surface area contributed by atoms with Crippen molar-refractivity contribution in [2.75, 3.05) is 6.54 Å². The third-order valence-corrected chi connectivity index (χ3v) is 4.20. The van der Waals surface area contributed by atoms with Crippen molar-refractivity contribution in [2.24, 2.45) is 0 Å². The zero-order chi connectivity index (χ0) is 17.1. The molecule has 0 saturated heterocycles. The highest BCUT2D eigenvalue weighted by Gasteiger charge is 2.32. The van der Waals surface area contributed by atoms with E-state index in [1.165, 1.54) is 12.1 Å². The molecular formula is C16H21F3N2O2. The normalized spacial score (nSPS) is 18.5. The third-order valence-electron chi connectivity index (χ3n) is 4.20. The summed E-state index contributed by atoms with van der Waals surface area (Å²) >= 11 is 0. The van der Waals surface area contributed by atoms with Gasteiger partial charge in [0.2, 0.25) is 0 Å². The van der Waals surface area contributed by atoms with Crippen molar-refractivity contribution in [3.05, 3.63) is 35.4 Å². The molecule has 2 rings (SSSR count). The van der Waals surface area contributed by atoms with E-state index in [0.29, 0.717) is 18.4 Å². The van der Waals surface area contributed by atoms with Gasteiger partial charge in [-0.15, -0.1) is 0 Å². The topological polar surface area (TPSA) is 61.4 Å². The van der Waals surface area contributed by atoms with E-state index in [-0.39, 0.29) is 6.54 Å². The average Bonchev–Trinajstić information content (AvgIpc) is 2.92. The number of nitrogens with one attached hydrogen (secondary N) is 2. The van der Waals surface area contributed by atoms with E-state index < -0.39 is 29.4 Å². The number of hydrogen-bond donors (Lipinski definition) is 3. The lowest BCUT2D eigenvalue weighted by molar-refractivity contribution is -0.137. The van der Waals surface area contributed by atoms with Crippen molar-refractivity contribution < 1.29 is 23.1 Å². The summed E-state index contributed by atoms with van der Waals surface area (Å²) in [5.41, 5.74) is -0.983. The van der Waals surface area contributed by atoms with E-state index in [0.717, 1.165) is 25.0 Å². The number of halogens is 3. The molecule has 0 aliphatic heterocycles. The maximum Gasteiger partial charge on any atom is 0.416 e. The van der Waals surface area contributed by atoms with Gasteiger partial charge in [-0.1, -0.05) is 25.0 Å². The SMILES string of the molecule is CC(NC(=O)NCC1(O)CCCC1)c1ccc(C(F)(F)F)cc1. The lowest BCUT2D eigenvalue weighted by atomic mass is 10.0. The molecule has 4 nitrogen and oxygen atoms in total. The van der Waals surface area contributed by atoms with E-state index in [1.807, 2.05) is 0 Å². The van der Waals surface area contributed by atoms with E-state index in [2.05, 4.69) is 10.6 Å². The molecule has 23 heavy (non-hydrogen) atoms. The average molecular weight is 330 g/mol. The van der Waals surface area contributed by atoms with Gasteiger partial charge in [-0.2, -0.15) is 13.2 Å². The Morgan fingerprint density at radius 1 is 1.26 bits per heavy atom. The fourth-order valence-electron chi connectivity index (χ4n) is 2.75. The van der Waals surface area contributed by atoms with Gasteiger partial charge in [0.1, 0.15) is 0 Å². The van der Waals surface area contributed by atoms with Gasteiger partial charge in [-0.25, -0.2) is 4.79 Å². The van der Waals surface area contributed by atoms with Gasteiger partial charge in [0.15, 0.2) is 0 Å². The fourth-order valence-corrected chi connectivity index (χ4v) is 2.75. The van der Waals surface area contributed by atoms with Crippen LogP contribution in [0, 0.1) is 0 Å². The quantitative estimate of drug-likeness (QED) is 0.793. The van der Waals surface area contributed by atoms with Crippen molar-refractivity contribution in [3.8, 4) is 0 Å². The Bertz CT molecular complexity index is 537. The number of aliphatic hydroxyl groups is 1. The molecular weight excluding hydrogens is 309 g/mol. The van der Waals surface area contributed by atoms with Crippen LogP contribution >= 0.6 is 0 Å². The summed E-state index contributed by atoms with van der Waals surface area (Å²) in [5, 5.41) is 15.4. The Balaban J connectivity index is 1.85.